The van der Waals surface area contributed by atoms with E-state index >= 15 is 0 Å². The van der Waals surface area contributed by atoms with Crippen LogP contribution in [0.1, 0.15) is 35.3 Å². The molecule has 0 bridgehead atoms. The van der Waals surface area contributed by atoms with Crippen molar-refractivity contribution in [1.29, 1.82) is 0 Å². The first kappa shape index (κ1) is 46.8. The minimum Gasteiger partial charge on any atom is -0.497 e. The van der Waals surface area contributed by atoms with Crippen LogP contribution in [0.4, 0.5) is 24.9 Å². The van der Waals surface area contributed by atoms with Gasteiger partial charge in [0.2, 0.25) is 10.8 Å². The number of thioether (sulfide) groups is 1. The number of carbonyl (C=O) groups is 6. The second kappa shape index (κ2) is 21.2. The number of urea groups is 2. The van der Waals surface area contributed by atoms with Gasteiger partial charge in [-0.3, -0.25) is 19.8 Å². The van der Waals surface area contributed by atoms with E-state index in [0.717, 1.165) is 29.2 Å². The van der Waals surface area contributed by atoms with E-state index < -0.39 is 69.6 Å². The number of alkyl carbamates (subject to hydrolysis) is 2. The number of benzene rings is 4. The van der Waals surface area contributed by atoms with Gasteiger partial charge in [-0.1, -0.05) is 84.6 Å². The Morgan fingerprint density at radius 1 is 0.851 bits per heavy atom. The van der Waals surface area contributed by atoms with Gasteiger partial charge in [-0.25, -0.2) is 34.4 Å². The van der Waals surface area contributed by atoms with Crippen LogP contribution in [0.25, 0.3) is 0 Å². The van der Waals surface area contributed by atoms with Crippen molar-refractivity contribution < 1.29 is 52.6 Å². The fraction of sp³-hybridized carbons (Fsp3) is 0.273. The van der Waals surface area contributed by atoms with Crippen LogP contribution in [0.2, 0.25) is 0 Å². The van der Waals surface area contributed by atoms with Gasteiger partial charge in [-0.2, -0.15) is 10.2 Å². The number of esters is 1. The second-order valence-electron chi connectivity index (χ2n) is 15.0. The van der Waals surface area contributed by atoms with Crippen molar-refractivity contribution >= 4 is 66.0 Å². The summed E-state index contributed by atoms with van der Waals surface area (Å²) < 4.78 is 22.0. The average Bonchev–Trinajstić information content (AvgIpc) is 3.90. The first-order valence-electron chi connectivity index (χ1n) is 20.6. The van der Waals surface area contributed by atoms with Gasteiger partial charge >= 0.3 is 30.2 Å². The molecule has 3 heterocycles. The van der Waals surface area contributed by atoms with Crippen LogP contribution >= 0.6 is 11.8 Å². The zero-order valence-electron chi connectivity index (χ0n) is 35.9. The summed E-state index contributed by atoms with van der Waals surface area (Å²) in [4.78, 5) is 91.2. The van der Waals surface area contributed by atoms with E-state index in [4.69, 9.17) is 18.9 Å². The summed E-state index contributed by atoms with van der Waals surface area (Å²) >= 11 is 1.01. The molecule has 0 saturated carbocycles. The number of nitro groups is 1. The lowest BCUT2D eigenvalue weighted by molar-refractivity contribution is -0.384. The third kappa shape index (κ3) is 11.2. The number of nitrogens with zero attached hydrogens (tertiary/aromatic N) is 6. The molecule has 1 unspecified atom stereocenters. The number of rotatable bonds is 17. The van der Waals surface area contributed by atoms with E-state index in [1.54, 1.807) is 24.3 Å². The lowest BCUT2D eigenvalue weighted by Gasteiger charge is -2.40. The van der Waals surface area contributed by atoms with E-state index in [2.05, 4.69) is 31.6 Å². The van der Waals surface area contributed by atoms with Gasteiger partial charge in [-0.05, 0) is 53.4 Å². The zero-order chi connectivity index (χ0) is 47.5. The summed E-state index contributed by atoms with van der Waals surface area (Å²) in [6, 6.07) is 27.9. The topological polar surface area (TPSA) is 265 Å². The average molecular weight is 937 g/mol. The molecule has 4 aromatic carbocycles. The van der Waals surface area contributed by atoms with E-state index in [1.807, 2.05) is 60.7 Å². The summed E-state index contributed by atoms with van der Waals surface area (Å²) in [5.41, 5.74) is 4.63. The molecule has 348 valence electrons. The fourth-order valence-corrected chi connectivity index (χ4v) is 8.85. The molecule has 0 aliphatic carbocycles. The summed E-state index contributed by atoms with van der Waals surface area (Å²) in [5.74, 6) is -0.640. The molecular formula is C44H44N10O12S. The number of ether oxygens (including phenoxy) is 4. The molecule has 4 N–H and O–H groups in total. The molecule has 3 aliphatic rings. The molecule has 7 rings (SSSR count). The first-order chi connectivity index (χ1) is 32.3. The highest BCUT2D eigenvalue weighted by atomic mass is 32.2. The van der Waals surface area contributed by atoms with Crippen LogP contribution < -0.4 is 26.1 Å². The number of nitro benzene ring substituents is 1. The van der Waals surface area contributed by atoms with Gasteiger partial charge in [-0.15, -0.1) is 0 Å². The lowest BCUT2D eigenvalue weighted by atomic mass is 10.0. The van der Waals surface area contributed by atoms with Crippen molar-refractivity contribution in [3.63, 3.8) is 0 Å². The van der Waals surface area contributed by atoms with Crippen LogP contribution in [-0.2, 0) is 37.0 Å². The maximum absolute atomic E-state index is 14.8. The first-order valence-corrected chi connectivity index (χ1v) is 21.5. The molecule has 67 heavy (non-hydrogen) atoms. The third-order valence-corrected chi connectivity index (χ3v) is 12.2. The van der Waals surface area contributed by atoms with Crippen LogP contribution in [0.3, 0.4) is 0 Å². The van der Waals surface area contributed by atoms with Gasteiger partial charge in [0.15, 0.2) is 6.10 Å². The SMILES string of the molecule is COc1ccc(COC(=O)N[C@@H]2C(=O)N3C[C@@](C(=O)OC(c4ccccc4)c4ccccc4)(N4CCN(N=CC=NNC(=O)NC(C)NC(=O)OCc5ccc([N+](=O)[O-])cc5)C4=O)S[C@H]23)cc1. The van der Waals surface area contributed by atoms with Crippen molar-refractivity contribution in [3.8, 4) is 5.75 Å². The number of non-ortho nitro benzene ring substituents is 1. The summed E-state index contributed by atoms with van der Waals surface area (Å²) in [7, 11) is 1.54. The minimum absolute atomic E-state index is 0.00460. The number of carbonyl (C=O) groups excluding carboxylic acids is 6. The lowest BCUT2D eigenvalue weighted by Crippen LogP contribution is -2.67. The van der Waals surface area contributed by atoms with Crippen molar-refractivity contribution in [2.24, 2.45) is 10.2 Å². The third-order valence-electron chi connectivity index (χ3n) is 10.5. The van der Waals surface area contributed by atoms with Crippen LogP contribution in [0.5, 0.6) is 5.75 Å². The van der Waals surface area contributed by atoms with Crippen molar-refractivity contribution in [2.45, 2.75) is 48.7 Å². The molecule has 0 aromatic heterocycles. The maximum Gasteiger partial charge on any atom is 0.409 e. The summed E-state index contributed by atoms with van der Waals surface area (Å²) in [5, 5.41) is 26.5. The second-order valence-corrected chi connectivity index (χ2v) is 16.4. The Morgan fingerprint density at radius 2 is 1.46 bits per heavy atom. The molecule has 3 aliphatic heterocycles. The standard InChI is InChI=1S/C44H44N10O12S/c1-28(48-41(58)64-25-29-13-17-33(18-14-29)54(61)62)47-40(57)50-45-21-22-46-53-24-23-52(43(53)60)44(39(56)66-36(31-9-5-3-6-10-31)32-11-7-4-8-12-32)27-51-37(55)35(38(51)67-44)49-42(59)65-26-30-15-19-34(63-2)20-16-30/h3-22,28,35-36,38H,23-27H2,1-2H3,(H,48,58)(H,49,59)(H2,47,50,57)/t28?,35-,38-,44-/m1/s1. The highest BCUT2D eigenvalue weighted by Gasteiger charge is 2.67. The minimum atomic E-state index is -1.78. The Hall–Kier alpha value is -8.21. The van der Waals surface area contributed by atoms with Crippen molar-refractivity contribution in [1.82, 2.24) is 36.2 Å². The predicted molar refractivity (Wildman–Crippen MR) is 240 cm³/mol. The molecule has 22 nitrogen and oxygen atoms in total. The molecule has 4 atom stereocenters. The number of amides is 7. The van der Waals surface area contributed by atoms with Crippen LogP contribution in [-0.4, -0.2) is 117 Å². The molecule has 0 radical (unpaired) electrons. The number of nitrogens with one attached hydrogen (secondary N) is 4. The fourth-order valence-electron chi connectivity index (χ4n) is 7.17. The van der Waals surface area contributed by atoms with Gasteiger partial charge < -0.3 is 39.8 Å². The number of fused-ring (bicyclic) bond motifs is 1. The van der Waals surface area contributed by atoms with E-state index in [-0.39, 0.29) is 38.5 Å². The van der Waals surface area contributed by atoms with Crippen molar-refractivity contribution in [2.75, 3.05) is 26.7 Å². The smallest absolute Gasteiger partial charge is 0.409 e. The largest absolute Gasteiger partial charge is 0.497 e. The maximum atomic E-state index is 14.8. The number of hydrazone groups is 2. The van der Waals surface area contributed by atoms with Crippen molar-refractivity contribution in [3.05, 3.63) is 142 Å². The Balaban J connectivity index is 0.978. The van der Waals surface area contributed by atoms with E-state index in [9.17, 15) is 38.9 Å². The molecule has 23 heteroatoms. The Kier molecular flexibility index (Phi) is 14.8. The van der Waals surface area contributed by atoms with Gasteiger partial charge in [0.1, 0.15) is 36.5 Å². The zero-order valence-corrected chi connectivity index (χ0v) is 36.7. The molecule has 4 aromatic rings. The number of methoxy groups -OCH3 is 1. The number of hydrogen-bond donors (Lipinski definition) is 4. The summed E-state index contributed by atoms with van der Waals surface area (Å²) in [6.45, 7) is 0.991. The number of β-lactam (4-membered cyclic amide) rings is 1. The Morgan fingerprint density at radius 3 is 2.07 bits per heavy atom. The van der Waals surface area contributed by atoms with Gasteiger partial charge in [0.05, 0.1) is 37.6 Å². The quantitative estimate of drug-likeness (QED) is 0.0218. The molecule has 3 saturated heterocycles. The molecule has 3 fully saturated rings. The Bertz CT molecular complexity index is 2480. The molecular weight excluding hydrogens is 893 g/mol. The highest BCUT2D eigenvalue weighted by molar-refractivity contribution is 8.02. The normalized spacial score (nSPS) is 19.1. The van der Waals surface area contributed by atoms with Gasteiger partial charge in [0.25, 0.3) is 5.69 Å². The molecule has 0 spiro atoms. The Labute approximate surface area is 386 Å². The highest BCUT2D eigenvalue weighted by Crippen LogP contribution is 2.51. The molecule has 7 amide bonds. The van der Waals surface area contributed by atoms with E-state index in [0.29, 0.717) is 28.0 Å². The number of hydrogen-bond acceptors (Lipinski definition) is 15. The van der Waals surface area contributed by atoms with E-state index in [1.165, 1.54) is 48.1 Å². The van der Waals surface area contributed by atoms with Crippen LogP contribution in [0.15, 0.2) is 119 Å². The van der Waals surface area contributed by atoms with Gasteiger partial charge in [0, 0.05) is 18.7 Å². The predicted octanol–water partition coefficient (Wildman–Crippen LogP) is 4.42. The van der Waals surface area contributed by atoms with Crippen LogP contribution in [0, 0.1) is 10.1 Å². The monoisotopic (exact) mass is 936 g/mol. The summed E-state index contributed by atoms with van der Waals surface area (Å²) in [6.07, 6.45) is -1.26.